The second-order valence-corrected chi connectivity index (χ2v) is 7.91. The van der Waals surface area contributed by atoms with Crippen molar-refractivity contribution in [2.75, 3.05) is 7.11 Å². The summed E-state index contributed by atoms with van der Waals surface area (Å²) in [5, 5.41) is 13.0. The molecule has 0 saturated heterocycles. The quantitative estimate of drug-likeness (QED) is 0.575. The van der Waals surface area contributed by atoms with Gasteiger partial charge in [0.05, 0.1) is 30.4 Å². The molecule has 2 unspecified atom stereocenters. The number of methoxy groups -OCH3 is 1. The van der Waals surface area contributed by atoms with Gasteiger partial charge in [0, 0.05) is 28.5 Å². The lowest BCUT2D eigenvalue weighted by Crippen LogP contribution is -2.08. The van der Waals surface area contributed by atoms with Gasteiger partial charge in [-0.15, -0.1) is 5.10 Å². The Bertz CT molecular complexity index is 994. The van der Waals surface area contributed by atoms with E-state index in [0.29, 0.717) is 5.56 Å². The molecule has 0 spiro atoms. The van der Waals surface area contributed by atoms with Crippen LogP contribution in [0.3, 0.4) is 0 Å². The minimum absolute atomic E-state index is 0.151. The molecule has 1 aromatic carbocycles. The highest BCUT2D eigenvalue weighted by atomic mass is 79.9. The van der Waals surface area contributed by atoms with Crippen molar-refractivity contribution in [2.24, 2.45) is 0 Å². The van der Waals surface area contributed by atoms with E-state index in [9.17, 15) is 4.79 Å². The molecule has 0 aliphatic heterocycles. The van der Waals surface area contributed by atoms with Crippen molar-refractivity contribution in [1.29, 1.82) is 0 Å². The van der Waals surface area contributed by atoms with Crippen molar-refractivity contribution < 1.29 is 9.53 Å². The van der Waals surface area contributed by atoms with Crippen LogP contribution in [-0.4, -0.2) is 37.9 Å². The number of halogens is 1. The molecule has 0 N–H and O–H groups in total. The Morgan fingerprint density at radius 2 is 2.15 bits per heavy atom. The van der Waals surface area contributed by atoms with Gasteiger partial charge >= 0.3 is 5.97 Å². The third-order valence-electron chi connectivity index (χ3n) is 4.84. The van der Waals surface area contributed by atoms with Gasteiger partial charge in [-0.1, -0.05) is 27.2 Å². The number of benzene rings is 1. The van der Waals surface area contributed by atoms with Crippen LogP contribution < -0.4 is 0 Å². The fraction of sp³-hybridized carbons (Fsp3) is 0.368. The molecule has 2 aromatic heterocycles. The van der Waals surface area contributed by atoms with Gasteiger partial charge in [-0.05, 0) is 38.5 Å². The van der Waals surface area contributed by atoms with Gasteiger partial charge in [-0.2, -0.15) is 5.10 Å². The van der Waals surface area contributed by atoms with Gasteiger partial charge in [0.1, 0.15) is 5.56 Å². The highest BCUT2D eigenvalue weighted by Gasteiger charge is 2.46. The van der Waals surface area contributed by atoms with Gasteiger partial charge in [-0.25, -0.2) is 14.2 Å². The SMILES string of the molecule is COC(=O)c1cnn(-c2cccc(Br)c2)c1C1CC1c1cn(C(C)C)nn1. The highest BCUT2D eigenvalue weighted by Crippen LogP contribution is 2.55. The Kier molecular flexibility index (Phi) is 4.59. The van der Waals surface area contributed by atoms with E-state index in [-0.39, 0.29) is 23.8 Å². The first-order valence-electron chi connectivity index (χ1n) is 8.83. The van der Waals surface area contributed by atoms with Gasteiger partial charge in [0.25, 0.3) is 0 Å². The van der Waals surface area contributed by atoms with E-state index in [1.54, 1.807) is 6.20 Å². The Morgan fingerprint density at radius 3 is 2.81 bits per heavy atom. The van der Waals surface area contributed by atoms with Crippen LogP contribution >= 0.6 is 15.9 Å². The summed E-state index contributed by atoms with van der Waals surface area (Å²) < 4.78 is 9.61. The molecule has 0 amide bonds. The summed E-state index contributed by atoms with van der Waals surface area (Å²) >= 11 is 3.50. The number of hydrogen-bond donors (Lipinski definition) is 0. The summed E-state index contributed by atoms with van der Waals surface area (Å²) in [7, 11) is 1.39. The number of hydrogen-bond acceptors (Lipinski definition) is 5. The molecular weight excluding hydrogens is 410 g/mol. The molecule has 1 saturated carbocycles. The second-order valence-electron chi connectivity index (χ2n) is 6.99. The van der Waals surface area contributed by atoms with Crippen molar-refractivity contribution in [3.63, 3.8) is 0 Å². The lowest BCUT2D eigenvalue weighted by molar-refractivity contribution is 0.0599. The number of ether oxygens (including phenoxy) is 1. The van der Waals surface area contributed by atoms with E-state index in [1.165, 1.54) is 7.11 Å². The standard InChI is InChI=1S/C19H20BrN5O2/c1-11(2)24-10-17(22-23-24)14-8-15(14)18-16(19(26)27-3)9-21-25(18)13-6-4-5-12(20)7-13/h4-7,9-11,14-15H,8H2,1-3H3. The van der Waals surface area contributed by atoms with Crippen LogP contribution in [0, 0.1) is 0 Å². The van der Waals surface area contributed by atoms with Crippen molar-refractivity contribution in [3.8, 4) is 5.69 Å². The molecule has 3 aromatic rings. The molecule has 140 valence electrons. The Morgan fingerprint density at radius 1 is 1.33 bits per heavy atom. The summed E-state index contributed by atoms with van der Waals surface area (Å²) in [6.45, 7) is 4.14. The fourth-order valence-corrected chi connectivity index (χ4v) is 3.72. The topological polar surface area (TPSA) is 74.8 Å². The van der Waals surface area contributed by atoms with Crippen LogP contribution in [0.5, 0.6) is 0 Å². The van der Waals surface area contributed by atoms with Crippen LogP contribution in [0.1, 0.15) is 59.9 Å². The monoisotopic (exact) mass is 429 g/mol. The second kappa shape index (κ2) is 6.92. The van der Waals surface area contributed by atoms with Crippen LogP contribution in [0.15, 0.2) is 41.1 Å². The average Bonchev–Trinajstić information content (AvgIpc) is 3.09. The molecule has 7 nitrogen and oxygen atoms in total. The lowest BCUT2D eigenvalue weighted by atomic mass is 10.1. The first-order valence-corrected chi connectivity index (χ1v) is 9.62. The lowest BCUT2D eigenvalue weighted by Gasteiger charge is -2.09. The number of carbonyl (C=O) groups excluding carboxylic acids is 1. The van der Waals surface area contributed by atoms with Gasteiger partial charge in [-0.3, -0.25) is 0 Å². The van der Waals surface area contributed by atoms with Crippen LogP contribution in [0.2, 0.25) is 0 Å². The number of carbonyl (C=O) groups is 1. The molecule has 1 aliphatic rings. The maximum atomic E-state index is 12.3. The zero-order chi connectivity index (χ0) is 19.1. The van der Waals surface area contributed by atoms with Crippen molar-refractivity contribution >= 4 is 21.9 Å². The predicted octanol–water partition coefficient (Wildman–Crippen LogP) is 3.86. The normalized spacial score (nSPS) is 18.7. The smallest absolute Gasteiger partial charge is 0.341 e. The summed E-state index contributed by atoms with van der Waals surface area (Å²) in [5.74, 6) is 0.00383. The third kappa shape index (κ3) is 3.29. The third-order valence-corrected chi connectivity index (χ3v) is 5.34. The highest BCUT2D eigenvalue weighted by molar-refractivity contribution is 9.10. The fourth-order valence-electron chi connectivity index (χ4n) is 3.33. The van der Waals surface area contributed by atoms with E-state index in [4.69, 9.17) is 4.74 Å². The number of aromatic nitrogens is 5. The Labute approximate surface area is 165 Å². The molecule has 1 aliphatic carbocycles. The first kappa shape index (κ1) is 17.9. The maximum absolute atomic E-state index is 12.3. The molecule has 0 bridgehead atoms. The number of nitrogens with zero attached hydrogens (tertiary/aromatic N) is 5. The van der Waals surface area contributed by atoms with E-state index in [1.807, 2.05) is 39.8 Å². The van der Waals surface area contributed by atoms with Gasteiger partial charge in [0.2, 0.25) is 0 Å². The van der Waals surface area contributed by atoms with E-state index in [0.717, 1.165) is 28.0 Å². The molecule has 27 heavy (non-hydrogen) atoms. The summed E-state index contributed by atoms with van der Waals surface area (Å²) in [6, 6.07) is 8.11. The summed E-state index contributed by atoms with van der Waals surface area (Å²) in [5.41, 5.74) is 3.21. The van der Waals surface area contributed by atoms with E-state index < -0.39 is 0 Å². The van der Waals surface area contributed by atoms with E-state index in [2.05, 4.69) is 45.2 Å². The molecule has 2 heterocycles. The van der Waals surface area contributed by atoms with Gasteiger partial charge in [0.15, 0.2) is 0 Å². The largest absolute Gasteiger partial charge is 0.465 e. The number of esters is 1. The molecule has 2 atom stereocenters. The van der Waals surface area contributed by atoms with Gasteiger partial charge < -0.3 is 4.74 Å². The average molecular weight is 430 g/mol. The summed E-state index contributed by atoms with van der Waals surface area (Å²) in [4.78, 5) is 12.3. The van der Waals surface area contributed by atoms with Crippen LogP contribution in [0.4, 0.5) is 0 Å². The maximum Gasteiger partial charge on any atom is 0.341 e. The molecule has 1 fully saturated rings. The van der Waals surface area contributed by atoms with Crippen molar-refractivity contribution in [3.05, 3.63) is 58.1 Å². The summed E-state index contributed by atoms with van der Waals surface area (Å²) in [6.07, 6.45) is 4.48. The van der Waals surface area contributed by atoms with Crippen LogP contribution in [0.25, 0.3) is 5.69 Å². The zero-order valence-corrected chi connectivity index (χ0v) is 16.9. The van der Waals surface area contributed by atoms with E-state index >= 15 is 0 Å². The Hall–Kier alpha value is -2.48. The molecule has 8 heteroatoms. The zero-order valence-electron chi connectivity index (χ0n) is 15.3. The molecule has 0 radical (unpaired) electrons. The first-order chi connectivity index (χ1) is 13.0. The Balaban J connectivity index is 1.72. The van der Waals surface area contributed by atoms with Crippen molar-refractivity contribution in [2.45, 2.75) is 38.1 Å². The predicted molar refractivity (Wildman–Crippen MR) is 103 cm³/mol. The molecule has 4 rings (SSSR count). The minimum atomic E-state index is -0.372. The minimum Gasteiger partial charge on any atom is -0.465 e. The van der Waals surface area contributed by atoms with Crippen LogP contribution in [-0.2, 0) is 4.74 Å². The van der Waals surface area contributed by atoms with Crippen molar-refractivity contribution in [1.82, 2.24) is 24.8 Å². The molecular formula is C19H20BrN5O2. The number of rotatable bonds is 5.